The van der Waals surface area contributed by atoms with E-state index in [1.807, 2.05) is 13.8 Å². The highest BCUT2D eigenvalue weighted by Gasteiger charge is 2.22. The Bertz CT molecular complexity index is 116. The molecule has 2 aliphatic rings. The minimum Gasteiger partial charge on any atom is -0.400 e. The second-order valence-electron chi connectivity index (χ2n) is 4.03. The SMILES string of the molecule is C1CCC(N2CCCC2)CC1.CC.CO. The van der Waals surface area contributed by atoms with Gasteiger partial charge in [-0.1, -0.05) is 33.1 Å². The number of nitrogens with zero attached hydrogens (tertiary/aromatic N) is 1. The van der Waals surface area contributed by atoms with Gasteiger partial charge >= 0.3 is 0 Å². The van der Waals surface area contributed by atoms with Gasteiger partial charge in [0, 0.05) is 13.2 Å². The van der Waals surface area contributed by atoms with Crippen LogP contribution < -0.4 is 0 Å². The summed E-state index contributed by atoms with van der Waals surface area (Å²) in [6.45, 7) is 6.79. The molecule has 0 spiro atoms. The average molecular weight is 215 g/mol. The Hall–Kier alpha value is -0.0800. The summed E-state index contributed by atoms with van der Waals surface area (Å²) in [6.07, 6.45) is 10.3. The molecule has 15 heavy (non-hydrogen) atoms. The maximum atomic E-state index is 7.00. The molecule has 0 unspecified atom stereocenters. The molecule has 0 amide bonds. The number of hydrogen-bond acceptors (Lipinski definition) is 2. The first kappa shape index (κ1) is 14.9. The van der Waals surface area contributed by atoms with Crippen molar-refractivity contribution in [1.82, 2.24) is 4.90 Å². The Labute approximate surface area is 95.7 Å². The molecule has 0 aromatic carbocycles. The van der Waals surface area contributed by atoms with Crippen LogP contribution in [0.5, 0.6) is 0 Å². The van der Waals surface area contributed by atoms with Crippen molar-refractivity contribution in [3.8, 4) is 0 Å². The van der Waals surface area contributed by atoms with Crippen LogP contribution in [0.1, 0.15) is 58.8 Å². The molecule has 2 nitrogen and oxygen atoms in total. The van der Waals surface area contributed by atoms with Crippen molar-refractivity contribution in [2.45, 2.75) is 64.8 Å². The molecule has 1 N–H and O–H groups in total. The van der Waals surface area contributed by atoms with Crippen molar-refractivity contribution in [1.29, 1.82) is 0 Å². The van der Waals surface area contributed by atoms with Crippen LogP contribution >= 0.6 is 0 Å². The van der Waals surface area contributed by atoms with Gasteiger partial charge in [0.05, 0.1) is 0 Å². The standard InChI is InChI=1S/C10H19N.C2H6.CH4O/c1-2-6-10(7-3-1)11-8-4-5-9-11;2*1-2/h10H,1-9H2;1-2H3;2H,1H3. The summed E-state index contributed by atoms with van der Waals surface area (Å²) in [6, 6.07) is 0.978. The van der Waals surface area contributed by atoms with Crippen molar-refractivity contribution in [2.75, 3.05) is 20.2 Å². The molecule has 1 saturated carbocycles. The number of likely N-dealkylation sites (tertiary alicyclic amines) is 1. The Morgan fingerprint density at radius 1 is 0.800 bits per heavy atom. The van der Waals surface area contributed by atoms with Gasteiger partial charge < -0.3 is 10.0 Å². The van der Waals surface area contributed by atoms with E-state index < -0.39 is 0 Å². The van der Waals surface area contributed by atoms with Gasteiger partial charge in [0.25, 0.3) is 0 Å². The first-order chi connectivity index (χ1) is 7.47. The van der Waals surface area contributed by atoms with E-state index >= 15 is 0 Å². The Morgan fingerprint density at radius 3 is 1.73 bits per heavy atom. The first-order valence-corrected chi connectivity index (χ1v) is 6.65. The predicted octanol–water partition coefficient (Wildman–Crippen LogP) is 3.05. The highest BCUT2D eigenvalue weighted by atomic mass is 16.2. The predicted molar refractivity (Wildman–Crippen MR) is 67.2 cm³/mol. The van der Waals surface area contributed by atoms with Gasteiger partial charge in [-0.2, -0.15) is 0 Å². The third-order valence-electron chi connectivity index (χ3n) is 3.23. The second-order valence-corrected chi connectivity index (χ2v) is 4.03. The number of aliphatic hydroxyl groups is 1. The minimum atomic E-state index is 0.978. The van der Waals surface area contributed by atoms with Crippen molar-refractivity contribution >= 4 is 0 Å². The molecule has 0 aromatic heterocycles. The van der Waals surface area contributed by atoms with Crippen LogP contribution in [0.25, 0.3) is 0 Å². The van der Waals surface area contributed by atoms with Crippen LogP contribution in [0, 0.1) is 0 Å². The Balaban J connectivity index is 0.000000442. The van der Waals surface area contributed by atoms with Gasteiger partial charge in [-0.15, -0.1) is 0 Å². The first-order valence-electron chi connectivity index (χ1n) is 6.65. The molecule has 1 heterocycles. The Kier molecular flexibility index (Phi) is 10.4. The lowest BCUT2D eigenvalue weighted by atomic mass is 9.94. The molecule has 2 heteroatoms. The summed E-state index contributed by atoms with van der Waals surface area (Å²) in [7, 11) is 1.00. The van der Waals surface area contributed by atoms with Crippen LogP contribution in [0.4, 0.5) is 0 Å². The van der Waals surface area contributed by atoms with Crippen LogP contribution in [-0.2, 0) is 0 Å². The molecule has 0 bridgehead atoms. The summed E-state index contributed by atoms with van der Waals surface area (Å²) in [5.41, 5.74) is 0. The van der Waals surface area contributed by atoms with E-state index in [2.05, 4.69) is 4.90 Å². The summed E-state index contributed by atoms with van der Waals surface area (Å²) < 4.78 is 0. The fourth-order valence-electron chi connectivity index (χ4n) is 2.55. The molecule has 1 saturated heterocycles. The van der Waals surface area contributed by atoms with Gasteiger partial charge in [0.1, 0.15) is 0 Å². The van der Waals surface area contributed by atoms with Crippen LogP contribution in [0.2, 0.25) is 0 Å². The monoisotopic (exact) mass is 215 g/mol. The third-order valence-corrected chi connectivity index (χ3v) is 3.23. The van der Waals surface area contributed by atoms with E-state index in [-0.39, 0.29) is 0 Å². The fourth-order valence-corrected chi connectivity index (χ4v) is 2.55. The molecule has 2 fully saturated rings. The molecule has 1 aliphatic heterocycles. The van der Waals surface area contributed by atoms with Crippen LogP contribution in [0.15, 0.2) is 0 Å². The summed E-state index contributed by atoms with van der Waals surface area (Å²) in [5, 5.41) is 7.00. The van der Waals surface area contributed by atoms with Gasteiger partial charge in [0.2, 0.25) is 0 Å². The minimum absolute atomic E-state index is 0.978. The second kappa shape index (κ2) is 10.4. The molecule has 1 aliphatic carbocycles. The molecule has 0 aromatic rings. The summed E-state index contributed by atoms with van der Waals surface area (Å²) in [5.74, 6) is 0. The van der Waals surface area contributed by atoms with E-state index in [1.165, 1.54) is 58.0 Å². The lowest BCUT2D eigenvalue weighted by molar-refractivity contribution is 0.191. The zero-order valence-electron chi connectivity index (χ0n) is 10.8. The number of rotatable bonds is 1. The normalized spacial score (nSPS) is 22.4. The van der Waals surface area contributed by atoms with Gasteiger partial charge in [0.15, 0.2) is 0 Å². The lowest BCUT2D eigenvalue weighted by Gasteiger charge is -2.30. The topological polar surface area (TPSA) is 23.5 Å². The van der Waals surface area contributed by atoms with Crippen LogP contribution in [0.3, 0.4) is 0 Å². The van der Waals surface area contributed by atoms with Gasteiger partial charge in [-0.05, 0) is 38.8 Å². The third kappa shape index (κ3) is 5.53. The highest BCUT2D eigenvalue weighted by Crippen LogP contribution is 2.25. The number of aliphatic hydroxyl groups excluding tert-OH is 1. The van der Waals surface area contributed by atoms with E-state index in [9.17, 15) is 0 Å². The van der Waals surface area contributed by atoms with Crippen molar-refractivity contribution < 1.29 is 5.11 Å². The maximum absolute atomic E-state index is 7.00. The van der Waals surface area contributed by atoms with Crippen molar-refractivity contribution in [3.63, 3.8) is 0 Å². The molecular formula is C13H29NO. The highest BCUT2D eigenvalue weighted by molar-refractivity contribution is 4.78. The molecule has 0 radical (unpaired) electrons. The number of hydrogen-bond donors (Lipinski definition) is 1. The van der Waals surface area contributed by atoms with Crippen molar-refractivity contribution in [3.05, 3.63) is 0 Å². The molecular weight excluding hydrogens is 186 g/mol. The zero-order valence-corrected chi connectivity index (χ0v) is 10.8. The fraction of sp³-hybridized carbons (Fsp3) is 1.00. The van der Waals surface area contributed by atoms with E-state index in [0.717, 1.165) is 13.2 Å². The average Bonchev–Trinajstić information content (AvgIpc) is 2.89. The maximum Gasteiger partial charge on any atom is 0.0319 e. The van der Waals surface area contributed by atoms with Crippen molar-refractivity contribution in [2.24, 2.45) is 0 Å². The molecule has 92 valence electrons. The van der Waals surface area contributed by atoms with E-state index in [4.69, 9.17) is 5.11 Å². The lowest BCUT2D eigenvalue weighted by Crippen LogP contribution is -2.34. The smallest absolute Gasteiger partial charge is 0.0319 e. The summed E-state index contributed by atoms with van der Waals surface area (Å²) >= 11 is 0. The van der Waals surface area contributed by atoms with E-state index in [1.54, 1.807) is 0 Å². The van der Waals surface area contributed by atoms with Crippen LogP contribution in [-0.4, -0.2) is 36.2 Å². The largest absolute Gasteiger partial charge is 0.400 e. The summed E-state index contributed by atoms with van der Waals surface area (Å²) in [4.78, 5) is 2.72. The Morgan fingerprint density at radius 2 is 1.27 bits per heavy atom. The molecule has 0 atom stereocenters. The zero-order chi connectivity index (χ0) is 11.5. The quantitative estimate of drug-likeness (QED) is 0.726. The van der Waals surface area contributed by atoms with Gasteiger partial charge in [-0.25, -0.2) is 0 Å². The molecule has 2 rings (SSSR count). The van der Waals surface area contributed by atoms with Gasteiger partial charge in [-0.3, -0.25) is 0 Å². The van der Waals surface area contributed by atoms with E-state index in [0.29, 0.717) is 0 Å².